The summed E-state index contributed by atoms with van der Waals surface area (Å²) in [5, 5.41) is 4.93. The van der Waals surface area contributed by atoms with Crippen molar-refractivity contribution in [3.63, 3.8) is 0 Å². The summed E-state index contributed by atoms with van der Waals surface area (Å²) < 4.78 is 50.4. The first-order chi connectivity index (χ1) is 20.2. The third-order valence-electron chi connectivity index (χ3n) is 6.27. The predicted molar refractivity (Wildman–Crippen MR) is 156 cm³/mol. The van der Waals surface area contributed by atoms with Crippen LogP contribution in [0.5, 0.6) is 11.5 Å². The summed E-state index contributed by atoms with van der Waals surface area (Å²) in [6.07, 6.45) is -3.22. The molecule has 42 heavy (non-hydrogen) atoms. The van der Waals surface area contributed by atoms with Gasteiger partial charge in [0, 0.05) is 15.4 Å². The van der Waals surface area contributed by atoms with Crippen molar-refractivity contribution >= 4 is 44.9 Å². The number of hydrogen-bond acceptors (Lipinski definition) is 5. The molecule has 0 fully saturated rings. The molecule has 0 unspecified atom stereocenters. The lowest BCUT2D eigenvalue weighted by Crippen LogP contribution is -2.18. The van der Waals surface area contributed by atoms with E-state index in [1.54, 1.807) is 6.07 Å². The van der Waals surface area contributed by atoms with E-state index in [0.29, 0.717) is 17.3 Å². The maximum atomic E-state index is 13.2. The van der Waals surface area contributed by atoms with Crippen LogP contribution in [0.3, 0.4) is 0 Å². The summed E-state index contributed by atoms with van der Waals surface area (Å²) in [6.45, 7) is 0. The SMILES string of the molecule is COc1cc(C=NNC(=O)c2[nH]c3c(Br)cccc3c2-c2ccccc2)ccc1OC(=O)c1cccc(C(F)(F)F)c1. The second-order valence-electron chi connectivity index (χ2n) is 8.98. The van der Waals surface area contributed by atoms with Crippen LogP contribution in [-0.2, 0) is 6.18 Å². The van der Waals surface area contributed by atoms with Crippen molar-refractivity contribution in [1.82, 2.24) is 10.4 Å². The molecule has 5 rings (SSSR count). The van der Waals surface area contributed by atoms with Crippen LogP contribution in [0.4, 0.5) is 13.2 Å². The van der Waals surface area contributed by atoms with Crippen molar-refractivity contribution in [3.05, 3.63) is 118 Å². The first-order valence-corrected chi connectivity index (χ1v) is 13.2. The molecular formula is C31H21BrF3N3O4. The lowest BCUT2D eigenvalue weighted by Gasteiger charge is -2.11. The van der Waals surface area contributed by atoms with E-state index >= 15 is 0 Å². The molecule has 1 heterocycles. The Morgan fingerprint density at radius 3 is 2.43 bits per heavy atom. The number of fused-ring (bicyclic) bond motifs is 1. The van der Waals surface area contributed by atoms with Crippen molar-refractivity contribution in [1.29, 1.82) is 0 Å². The summed E-state index contributed by atoms with van der Waals surface area (Å²) in [5.41, 5.74) is 4.48. The van der Waals surface area contributed by atoms with Gasteiger partial charge >= 0.3 is 12.1 Å². The van der Waals surface area contributed by atoms with Crippen LogP contribution in [0.2, 0.25) is 0 Å². The normalized spacial score (nSPS) is 11.5. The van der Waals surface area contributed by atoms with Gasteiger partial charge in [0.1, 0.15) is 5.69 Å². The zero-order valence-electron chi connectivity index (χ0n) is 21.8. The molecule has 0 radical (unpaired) electrons. The molecule has 0 aliphatic carbocycles. The number of aromatic amines is 1. The Kier molecular flexibility index (Phi) is 8.12. The summed E-state index contributed by atoms with van der Waals surface area (Å²) in [5.74, 6) is -1.31. The van der Waals surface area contributed by atoms with Gasteiger partial charge in [0.2, 0.25) is 0 Å². The number of H-pyrrole nitrogens is 1. The van der Waals surface area contributed by atoms with Crippen molar-refractivity contribution in [2.45, 2.75) is 6.18 Å². The Bertz CT molecular complexity index is 1820. The van der Waals surface area contributed by atoms with Crippen LogP contribution in [0.1, 0.15) is 32.0 Å². The number of esters is 1. The molecule has 11 heteroatoms. The highest BCUT2D eigenvalue weighted by atomic mass is 79.9. The number of alkyl halides is 3. The van der Waals surface area contributed by atoms with Crippen LogP contribution in [0.15, 0.2) is 101 Å². The van der Waals surface area contributed by atoms with E-state index in [2.05, 4.69) is 31.4 Å². The van der Waals surface area contributed by atoms with E-state index in [4.69, 9.17) is 9.47 Å². The Balaban J connectivity index is 1.34. The minimum atomic E-state index is -4.60. The number of aromatic nitrogens is 1. The highest BCUT2D eigenvalue weighted by Crippen LogP contribution is 2.36. The maximum Gasteiger partial charge on any atom is 0.416 e. The molecule has 0 spiro atoms. The summed E-state index contributed by atoms with van der Waals surface area (Å²) in [6, 6.07) is 23.6. The number of hydrogen-bond donors (Lipinski definition) is 2. The monoisotopic (exact) mass is 635 g/mol. The Morgan fingerprint density at radius 2 is 1.69 bits per heavy atom. The number of rotatable bonds is 7. The van der Waals surface area contributed by atoms with Gasteiger partial charge in [-0.05, 0) is 69.5 Å². The number of nitrogens with zero attached hydrogens (tertiary/aromatic N) is 1. The molecule has 2 N–H and O–H groups in total. The number of ether oxygens (including phenoxy) is 2. The zero-order chi connectivity index (χ0) is 29.9. The van der Waals surface area contributed by atoms with Crippen molar-refractivity contribution in [2.24, 2.45) is 5.10 Å². The topological polar surface area (TPSA) is 92.8 Å². The predicted octanol–water partition coefficient (Wildman–Crippen LogP) is 7.61. The summed E-state index contributed by atoms with van der Waals surface area (Å²) >= 11 is 3.53. The minimum Gasteiger partial charge on any atom is -0.493 e. The molecule has 0 atom stereocenters. The molecule has 1 aromatic heterocycles. The standard InChI is InChI=1S/C31H21BrF3N3O4/c1-41-25-15-18(13-14-24(25)42-30(40)20-9-5-10-21(16-20)31(33,34)35)17-36-38-29(39)28-26(19-7-3-2-4-8-19)22-11-6-12-23(32)27(22)37-28/h2-17,37H,1H3,(H,38,39). The van der Waals surface area contributed by atoms with E-state index in [-0.39, 0.29) is 17.1 Å². The van der Waals surface area contributed by atoms with E-state index in [9.17, 15) is 22.8 Å². The van der Waals surface area contributed by atoms with E-state index in [0.717, 1.165) is 38.6 Å². The molecule has 212 valence electrons. The number of amides is 1. The molecule has 5 aromatic rings. The van der Waals surface area contributed by atoms with E-state index in [1.165, 1.54) is 31.5 Å². The average Bonchev–Trinajstić information content (AvgIpc) is 3.39. The molecule has 4 aromatic carbocycles. The number of methoxy groups -OCH3 is 1. The van der Waals surface area contributed by atoms with Gasteiger partial charge in [-0.3, -0.25) is 4.79 Å². The van der Waals surface area contributed by atoms with Crippen LogP contribution in [0, 0.1) is 0 Å². The summed E-state index contributed by atoms with van der Waals surface area (Å²) in [7, 11) is 1.35. The third-order valence-corrected chi connectivity index (χ3v) is 6.93. The molecule has 0 saturated carbocycles. The Morgan fingerprint density at radius 1 is 0.929 bits per heavy atom. The molecule has 0 bridgehead atoms. The van der Waals surface area contributed by atoms with Crippen LogP contribution >= 0.6 is 15.9 Å². The smallest absolute Gasteiger partial charge is 0.416 e. The zero-order valence-corrected chi connectivity index (χ0v) is 23.4. The second-order valence-corrected chi connectivity index (χ2v) is 9.84. The second kappa shape index (κ2) is 11.9. The molecule has 7 nitrogen and oxygen atoms in total. The highest BCUT2D eigenvalue weighted by Gasteiger charge is 2.31. The van der Waals surface area contributed by atoms with Crippen LogP contribution in [-0.4, -0.2) is 30.2 Å². The molecule has 0 saturated heterocycles. The van der Waals surface area contributed by atoms with E-state index in [1.807, 2.05) is 48.5 Å². The van der Waals surface area contributed by atoms with Gasteiger partial charge in [-0.15, -0.1) is 0 Å². The fourth-order valence-electron chi connectivity index (χ4n) is 4.31. The number of hydrazone groups is 1. The van der Waals surface area contributed by atoms with Gasteiger partial charge in [-0.25, -0.2) is 10.2 Å². The number of halogens is 4. The number of para-hydroxylation sites is 1. The molecule has 0 aliphatic rings. The fourth-order valence-corrected chi connectivity index (χ4v) is 4.77. The quantitative estimate of drug-likeness (QED) is 0.0833. The van der Waals surface area contributed by atoms with Gasteiger partial charge < -0.3 is 14.5 Å². The van der Waals surface area contributed by atoms with Crippen LogP contribution in [0.25, 0.3) is 22.0 Å². The first kappa shape index (κ1) is 28.6. The minimum absolute atomic E-state index is 0.00254. The number of carbonyl (C=O) groups is 2. The lowest BCUT2D eigenvalue weighted by molar-refractivity contribution is -0.137. The first-order valence-electron chi connectivity index (χ1n) is 12.4. The summed E-state index contributed by atoms with van der Waals surface area (Å²) in [4.78, 5) is 28.9. The fraction of sp³-hybridized carbons (Fsp3) is 0.0645. The van der Waals surface area contributed by atoms with Crippen LogP contribution < -0.4 is 14.9 Å². The lowest BCUT2D eigenvalue weighted by atomic mass is 10.0. The Hall–Kier alpha value is -4.90. The molecule has 0 aliphatic heterocycles. The Labute approximate surface area is 246 Å². The molecule has 1 amide bonds. The third kappa shape index (κ3) is 6.06. The average molecular weight is 636 g/mol. The number of benzene rings is 4. The van der Waals surface area contributed by atoms with Crippen molar-refractivity contribution < 1.29 is 32.2 Å². The van der Waals surface area contributed by atoms with Crippen molar-refractivity contribution in [2.75, 3.05) is 7.11 Å². The van der Waals surface area contributed by atoms with Crippen molar-refractivity contribution in [3.8, 4) is 22.6 Å². The van der Waals surface area contributed by atoms with E-state index < -0.39 is 23.6 Å². The number of nitrogens with one attached hydrogen (secondary N) is 2. The van der Waals surface area contributed by atoms with Gasteiger partial charge in [0.15, 0.2) is 11.5 Å². The van der Waals surface area contributed by atoms with Gasteiger partial charge in [0.05, 0.1) is 30.0 Å². The molecular weight excluding hydrogens is 615 g/mol. The van der Waals surface area contributed by atoms with Gasteiger partial charge in [-0.2, -0.15) is 18.3 Å². The highest BCUT2D eigenvalue weighted by molar-refractivity contribution is 9.10. The maximum absolute atomic E-state index is 13.2. The van der Waals surface area contributed by atoms with Gasteiger partial charge in [-0.1, -0.05) is 48.5 Å². The van der Waals surface area contributed by atoms with Gasteiger partial charge in [0.25, 0.3) is 5.91 Å². The number of carbonyl (C=O) groups excluding carboxylic acids is 2. The largest absolute Gasteiger partial charge is 0.493 e.